The molecule has 0 spiro atoms. The zero-order chi connectivity index (χ0) is 22.4. The van der Waals surface area contributed by atoms with Gasteiger partial charge in [0.15, 0.2) is 6.61 Å². The van der Waals surface area contributed by atoms with E-state index in [1.54, 1.807) is 18.7 Å². The van der Waals surface area contributed by atoms with Gasteiger partial charge in [-0.2, -0.15) is 0 Å². The number of methoxy groups -OCH3 is 2. The molecule has 2 heterocycles. The van der Waals surface area contributed by atoms with Crippen LogP contribution in [0, 0.1) is 11.8 Å². The molecule has 9 nitrogen and oxygen atoms in total. The molecule has 2 aliphatic rings. The summed E-state index contributed by atoms with van der Waals surface area (Å²) in [5.74, 6) is -5.08. The van der Waals surface area contributed by atoms with Gasteiger partial charge in [-0.25, -0.2) is 4.79 Å². The zero-order valence-electron chi connectivity index (χ0n) is 18.2. The SMILES string of the molecule is CC[C@H]1CCCCN1C(=O)COC(=O)[C@H]1C(C(=O)OC)=C(C)N=C(C)C1C(=O)OC. The van der Waals surface area contributed by atoms with E-state index in [-0.39, 0.29) is 23.2 Å². The van der Waals surface area contributed by atoms with Crippen molar-refractivity contribution in [2.45, 2.75) is 52.5 Å². The van der Waals surface area contributed by atoms with Gasteiger partial charge >= 0.3 is 17.9 Å². The van der Waals surface area contributed by atoms with Crippen molar-refractivity contribution in [2.24, 2.45) is 16.8 Å². The van der Waals surface area contributed by atoms with Crippen LogP contribution in [-0.2, 0) is 33.4 Å². The molecule has 9 heteroatoms. The fourth-order valence-corrected chi connectivity index (χ4v) is 4.16. The average Bonchev–Trinajstić information content (AvgIpc) is 2.75. The molecular formula is C21H30N2O7. The molecule has 2 rings (SSSR count). The molecule has 1 amide bonds. The van der Waals surface area contributed by atoms with Gasteiger partial charge in [0.2, 0.25) is 0 Å². The lowest BCUT2D eigenvalue weighted by Gasteiger charge is -2.35. The summed E-state index contributed by atoms with van der Waals surface area (Å²) < 4.78 is 14.9. The van der Waals surface area contributed by atoms with Crippen LogP contribution in [0.3, 0.4) is 0 Å². The summed E-state index contributed by atoms with van der Waals surface area (Å²) in [7, 11) is 2.36. The number of esters is 3. The number of likely N-dealkylation sites (tertiary alicyclic amines) is 1. The van der Waals surface area contributed by atoms with Gasteiger partial charge in [0.1, 0.15) is 11.8 Å². The Morgan fingerprint density at radius 3 is 2.33 bits per heavy atom. The number of allylic oxidation sites excluding steroid dienone is 1. The van der Waals surface area contributed by atoms with Crippen molar-refractivity contribution >= 4 is 29.5 Å². The van der Waals surface area contributed by atoms with E-state index in [4.69, 9.17) is 14.2 Å². The number of ether oxygens (including phenoxy) is 3. The van der Waals surface area contributed by atoms with Crippen LogP contribution in [0.2, 0.25) is 0 Å². The molecule has 1 fully saturated rings. The van der Waals surface area contributed by atoms with Crippen molar-refractivity contribution in [1.29, 1.82) is 0 Å². The first-order valence-corrected chi connectivity index (χ1v) is 10.1. The van der Waals surface area contributed by atoms with Crippen molar-refractivity contribution in [2.75, 3.05) is 27.4 Å². The van der Waals surface area contributed by atoms with Gasteiger partial charge in [-0.15, -0.1) is 0 Å². The minimum absolute atomic E-state index is 0.0691. The molecule has 0 aromatic rings. The van der Waals surface area contributed by atoms with E-state index < -0.39 is 36.4 Å². The number of nitrogens with zero attached hydrogens (tertiary/aromatic N) is 2. The quantitative estimate of drug-likeness (QED) is 0.472. The Morgan fingerprint density at radius 1 is 1.03 bits per heavy atom. The Bertz CT molecular complexity index is 771. The second kappa shape index (κ2) is 10.4. The van der Waals surface area contributed by atoms with Gasteiger partial charge < -0.3 is 19.1 Å². The van der Waals surface area contributed by atoms with Crippen LogP contribution in [0.25, 0.3) is 0 Å². The predicted octanol–water partition coefficient (Wildman–Crippen LogP) is 1.65. The predicted molar refractivity (Wildman–Crippen MR) is 107 cm³/mol. The Hall–Kier alpha value is -2.71. The maximum atomic E-state index is 13.0. The summed E-state index contributed by atoms with van der Waals surface area (Å²) in [5, 5.41) is 0. The molecule has 0 saturated carbocycles. The van der Waals surface area contributed by atoms with Gasteiger partial charge in [0.25, 0.3) is 5.91 Å². The van der Waals surface area contributed by atoms with Crippen LogP contribution in [-0.4, -0.2) is 67.8 Å². The Balaban J connectivity index is 2.24. The van der Waals surface area contributed by atoms with Gasteiger partial charge in [0.05, 0.1) is 19.8 Å². The third kappa shape index (κ3) is 4.88. The minimum Gasteiger partial charge on any atom is -0.468 e. The number of piperidine rings is 1. The average molecular weight is 422 g/mol. The van der Waals surface area contributed by atoms with Crippen LogP contribution in [0.5, 0.6) is 0 Å². The summed E-state index contributed by atoms with van der Waals surface area (Å²) in [4.78, 5) is 56.3. The lowest BCUT2D eigenvalue weighted by atomic mass is 9.80. The molecule has 0 bridgehead atoms. The molecule has 0 radical (unpaired) electrons. The van der Waals surface area contributed by atoms with Crippen LogP contribution in [0.15, 0.2) is 16.3 Å². The molecular weight excluding hydrogens is 392 g/mol. The first-order chi connectivity index (χ1) is 14.3. The summed E-state index contributed by atoms with van der Waals surface area (Å²) in [5.41, 5.74) is 0.512. The lowest BCUT2D eigenvalue weighted by Crippen LogP contribution is -2.46. The number of rotatable bonds is 6. The Morgan fingerprint density at radius 2 is 1.73 bits per heavy atom. The molecule has 2 aliphatic heterocycles. The van der Waals surface area contributed by atoms with E-state index in [0.29, 0.717) is 12.3 Å². The number of hydrogen-bond acceptors (Lipinski definition) is 8. The lowest BCUT2D eigenvalue weighted by molar-refractivity contribution is -0.160. The maximum Gasteiger partial charge on any atom is 0.336 e. The molecule has 1 unspecified atom stereocenters. The molecule has 0 N–H and O–H groups in total. The van der Waals surface area contributed by atoms with E-state index in [9.17, 15) is 19.2 Å². The third-order valence-corrected chi connectivity index (χ3v) is 5.70. The minimum atomic E-state index is -1.29. The van der Waals surface area contributed by atoms with Crippen molar-refractivity contribution in [3.63, 3.8) is 0 Å². The molecule has 0 aromatic heterocycles. The van der Waals surface area contributed by atoms with Gasteiger partial charge in [-0.1, -0.05) is 6.92 Å². The number of amides is 1. The molecule has 3 atom stereocenters. The molecule has 166 valence electrons. The maximum absolute atomic E-state index is 13.0. The van der Waals surface area contributed by atoms with Crippen molar-refractivity contribution in [3.8, 4) is 0 Å². The number of carbonyl (C=O) groups excluding carboxylic acids is 4. The van der Waals surface area contributed by atoms with E-state index >= 15 is 0 Å². The monoisotopic (exact) mass is 422 g/mol. The summed E-state index contributed by atoms with van der Waals surface area (Å²) in [6.45, 7) is 5.31. The number of aliphatic imine (C=N–C) groups is 1. The summed E-state index contributed by atoms with van der Waals surface area (Å²) in [6, 6.07) is 0.129. The van der Waals surface area contributed by atoms with E-state index in [2.05, 4.69) is 4.99 Å². The highest BCUT2D eigenvalue weighted by Crippen LogP contribution is 2.33. The first kappa shape index (κ1) is 23.6. The van der Waals surface area contributed by atoms with Gasteiger partial charge in [-0.05, 0) is 39.5 Å². The highest BCUT2D eigenvalue weighted by atomic mass is 16.5. The van der Waals surface area contributed by atoms with E-state index in [0.717, 1.165) is 25.7 Å². The first-order valence-electron chi connectivity index (χ1n) is 10.1. The van der Waals surface area contributed by atoms with Crippen molar-refractivity contribution in [3.05, 3.63) is 11.3 Å². The largest absolute Gasteiger partial charge is 0.468 e. The van der Waals surface area contributed by atoms with Crippen LogP contribution < -0.4 is 0 Å². The van der Waals surface area contributed by atoms with Crippen LogP contribution >= 0.6 is 0 Å². The molecule has 30 heavy (non-hydrogen) atoms. The fourth-order valence-electron chi connectivity index (χ4n) is 4.16. The van der Waals surface area contributed by atoms with Crippen molar-refractivity contribution in [1.82, 2.24) is 4.90 Å². The Kier molecular flexibility index (Phi) is 8.14. The summed E-state index contributed by atoms with van der Waals surface area (Å²) >= 11 is 0. The second-order valence-corrected chi connectivity index (χ2v) is 7.48. The molecule has 1 saturated heterocycles. The second-order valence-electron chi connectivity index (χ2n) is 7.48. The van der Waals surface area contributed by atoms with Crippen LogP contribution in [0.4, 0.5) is 0 Å². The number of carbonyl (C=O) groups is 4. The molecule has 0 aliphatic carbocycles. The molecule has 0 aromatic carbocycles. The van der Waals surface area contributed by atoms with Gasteiger partial charge in [0, 0.05) is 24.0 Å². The third-order valence-electron chi connectivity index (χ3n) is 5.70. The summed E-state index contributed by atoms with van der Waals surface area (Å²) in [6.07, 6.45) is 3.73. The topological polar surface area (TPSA) is 112 Å². The standard InChI is InChI=1S/C21H30N2O7/c1-6-14-9-7-8-10-23(14)15(24)11-30-21(27)18-16(19(25)28-4)12(2)22-13(3)17(18)20(26)29-5/h14,16,18H,6-11H2,1-5H3/t14-,16?,18+/m0/s1. The smallest absolute Gasteiger partial charge is 0.336 e. The van der Waals surface area contributed by atoms with Gasteiger partial charge in [-0.3, -0.25) is 19.4 Å². The van der Waals surface area contributed by atoms with E-state index in [1.165, 1.54) is 14.2 Å². The highest BCUT2D eigenvalue weighted by Gasteiger charge is 2.46. The fraction of sp³-hybridized carbons (Fsp3) is 0.667. The van der Waals surface area contributed by atoms with E-state index in [1.807, 2.05) is 6.92 Å². The number of hydrogen-bond donors (Lipinski definition) is 0. The zero-order valence-corrected chi connectivity index (χ0v) is 18.2. The Labute approximate surface area is 176 Å². The van der Waals surface area contributed by atoms with Crippen LogP contribution in [0.1, 0.15) is 46.5 Å². The van der Waals surface area contributed by atoms with Crippen molar-refractivity contribution < 1.29 is 33.4 Å². The normalized spacial score (nSPS) is 24.1. The highest BCUT2D eigenvalue weighted by molar-refractivity contribution is 6.10.